The van der Waals surface area contributed by atoms with Gasteiger partial charge in [-0.1, -0.05) is 0 Å². The lowest BCUT2D eigenvalue weighted by molar-refractivity contribution is 1.33. The molecule has 0 aliphatic rings. The molecule has 4 heterocycles. The molecule has 0 radical (unpaired) electrons. The summed E-state index contributed by atoms with van der Waals surface area (Å²) in [6.07, 6.45) is 16.5. The zero-order valence-electron chi connectivity index (χ0n) is 12.7. The Balaban J connectivity index is 1.58. The zero-order chi connectivity index (χ0) is 16.2. The highest BCUT2D eigenvalue weighted by Crippen LogP contribution is 2.38. The molecule has 24 heavy (non-hydrogen) atoms. The molecule has 122 valence electrons. The highest BCUT2D eigenvalue weighted by atomic mass is 31.1. The first-order valence-corrected chi connectivity index (χ1v) is 10.5. The minimum Gasteiger partial charge on any atom is -0.345 e. The van der Waals surface area contributed by atoms with Gasteiger partial charge in [0.1, 0.15) is 22.3 Å². The van der Waals surface area contributed by atoms with Gasteiger partial charge in [0.2, 0.25) is 0 Å². The highest BCUT2D eigenvalue weighted by Gasteiger charge is 2.24. The van der Waals surface area contributed by atoms with E-state index in [9.17, 15) is 0 Å². The molecule has 0 amide bonds. The van der Waals surface area contributed by atoms with Crippen LogP contribution in [0.15, 0.2) is 49.6 Å². The molecule has 0 unspecified atom stereocenters. The van der Waals surface area contributed by atoms with Crippen molar-refractivity contribution < 1.29 is 0 Å². The van der Waals surface area contributed by atoms with E-state index in [1.165, 1.54) is 0 Å². The van der Waals surface area contributed by atoms with Crippen LogP contribution in [0.4, 0.5) is 0 Å². The van der Waals surface area contributed by atoms with Gasteiger partial charge in [0.25, 0.3) is 0 Å². The second-order valence-electron chi connectivity index (χ2n) is 4.95. The van der Waals surface area contributed by atoms with Gasteiger partial charge in [-0.25, -0.2) is 19.9 Å². The predicted molar refractivity (Wildman–Crippen MR) is 96.5 cm³/mol. The SMILES string of the molecule is c1c[nH]c(P(CCP(c2ncc[nH]2)c2ncc[nH]2)c2ncc[nH]2)n1. The molecular formula is C14H16N8P2. The van der Waals surface area contributed by atoms with Crippen molar-refractivity contribution in [1.82, 2.24) is 39.9 Å². The van der Waals surface area contributed by atoms with E-state index in [0.29, 0.717) is 0 Å². The number of rotatable bonds is 7. The second kappa shape index (κ2) is 7.07. The topological polar surface area (TPSA) is 115 Å². The molecule has 0 aliphatic heterocycles. The molecule has 0 saturated heterocycles. The van der Waals surface area contributed by atoms with Crippen LogP contribution in [0, 0.1) is 0 Å². The molecule has 4 N–H and O–H groups in total. The molecule has 0 aromatic carbocycles. The van der Waals surface area contributed by atoms with E-state index in [1.807, 2.05) is 24.8 Å². The van der Waals surface area contributed by atoms with E-state index in [2.05, 4.69) is 39.9 Å². The summed E-state index contributed by atoms with van der Waals surface area (Å²) < 4.78 is 0. The van der Waals surface area contributed by atoms with Crippen LogP contribution in [0.3, 0.4) is 0 Å². The third kappa shape index (κ3) is 3.16. The van der Waals surface area contributed by atoms with Crippen molar-refractivity contribution in [3.63, 3.8) is 0 Å². The van der Waals surface area contributed by atoms with Crippen LogP contribution in [0.5, 0.6) is 0 Å². The molecule has 10 heteroatoms. The van der Waals surface area contributed by atoms with Crippen molar-refractivity contribution in [2.24, 2.45) is 0 Å². The Morgan fingerprint density at radius 1 is 0.542 bits per heavy atom. The number of hydrogen-bond acceptors (Lipinski definition) is 4. The molecule has 0 saturated carbocycles. The molecule has 4 aromatic heterocycles. The Morgan fingerprint density at radius 3 is 1.04 bits per heavy atom. The van der Waals surface area contributed by atoms with E-state index in [0.717, 1.165) is 34.6 Å². The predicted octanol–water partition coefficient (Wildman–Crippen LogP) is 0.145. The number of aromatic amines is 4. The maximum absolute atomic E-state index is 4.45. The fourth-order valence-electron chi connectivity index (χ4n) is 2.44. The van der Waals surface area contributed by atoms with E-state index >= 15 is 0 Å². The van der Waals surface area contributed by atoms with Crippen molar-refractivity contribution in [3.8, 4) is 0 Å². The van der Waals surface area contributed by atoms with Crippen molar-refractivity contribution in [3.05, 3.63) is 49.6 Å². The molecule has 4 rings (SSSR count). The van der Waals surface area contributed by atoms with E-state index < -0.39 is 15.8 Å². The lowest BCUT2D eigenvalue weighted by Crippen LogP contribution is -2.25. The minimum absolute atomic E-state index is 0.662. The molecule has 8 nitrogen and oxygen atoms in total. The molecule has 0 bridgehead atoms. The van der Waals surface area contributed by atoms with Gasteiger partial charge in [-0.2, -0.15) is 0 Å². The summed E-state index contributed by atoms with van der Waals surface area (Å²) >= 11 is 0. The monoisotopic (exact) mass is 358 g/mol. The fraction of sp³-hybridized carbons (Fsp3) is 0.143. The lowest BCUT2D eigenvalue weighted by Gasteiger charge is -2.17. The Hall–Kier alpha value is -2.30. The van der Waals surface area contributed by atoms with Gasteiger partial charge >= 0.3 is 0 Å². The molecule has 0 spiro atoms. The minimum atomic E-state index is -0.662. The summed E-state index contributed by atoms with van der Waals surface area (Å²) in [5.41, 5.74) is 3.92. The Labute approximate surface area is 140 Å². The van der Waals surface area contributed by atoms with Gasteiger partial charge in [0.05, 0.1) is 0 Å². The quantitative estimate of drug-likeness (QED) is 0.352. The van der Waals surface area contributed by atoms with Crippen molar-refractivity contribution >= 4 is 38.1 Å². The smallest absolute Gasteiger partial charge is 0.136 e. The number of hydrogen-bond donors (Lipinski definition) is 4. The maximum atomic E-state index is 4.45. The first kappa shape index (κ1) is 15.2. The summed E-state index contributed by atoms with van der Waals surface area (Å²) in [5, 5.41) is 0. The van der Waals surface area contributed by atoms with Gasteiger partial charge < -0.3 is 19.9 Å². The van der Waals surface area contributed by atoms with E-state index in [-0.39, 0.29) is 0 Å². The van der Waals surface area contributed by atoms with Gasteiger partial charge in [0, 0.05) is 65.4 Å². The first-order valence-electron chi connectivity index (χ1n) is 7.44. The van der Waals surface area contributed by atoms with Crippen molar-refractivity contribution in [2.75, 3.05) is 12.3 Å². The second-order valence-corrected chi connectivity index (χ2v) is 9.26. The van der Waals surface area contributed by atoms with Gasteiger partial charge in [-0.3, -0.25) is 0 Å². The van der Waals surface area contributed by atoms with Crippen LogP contribution >= 0.6 is 15.8 Å². The van der Waals surface area contributed by atoms with Crippen LogP contribution in [0.25, 0.3) is 0 Å². The van der Waals surface area contributed by atoms with Crippen LogP contribution in [0.2, 0.25) is 0 Å². The van der Waals surface area contributed by atoms with Crippen molar-refractivity contribution in [2.45, 2.75) is 0 Å². The van der Waals surface area contributed by atoms with Crippen molar-refractivity contribution in [1.29, 1.82) is 0 Å². The van der Waals surface area contributed by atoms with E-state index in [1.54, 1.807) is 24.8 Å². The highest BCUT2D eigenvalue weighted by molar-refractivity contribution is 7.75. The summed E-state index contributed by atoms with van der Waals surface area (Å²) in [4.78, 5) is 30.7. The standard InChI is InChI=1S/C14H16N8P2/c1-2-16-11(15-1)23(12-17-3-4-18-12)9-10-24(13-19-5-6-20-13)14-21-7-8-22-14/h1-8H,9-10H2,(H,15,16)(H,17,18)(H,19,20)(H,21,22). The lowest BCUT2D eigenvalue weighted by atomic mass is 11.0. The van der Waals surface area contributed by atoms with Crippen LogP contribution < -0.4 is 22.3 Å². The maximum Gasteiger partial charge on any atom is 0.136 e. The molecule has 0 fully saturated rings. The molecular weight excluding hydrogens is 342 g/mol. The summed E-state index contributed by atoms with van der Waals surface area (Å²) in [6.45, 7) is 0. The number of H-pyrrole nitrogens is 4. The Morgan fingerprint density at radius 2 is 0.833 bits per heavy atom. The fourth-order valence-corrected chi connectivity index (χ4v) is 7.04. The zero-order valence-corrected chi connectivity index (χ0v) is 14.5. The normalized spacial score (nSPS) is 11.6. The summed E-state index contributed by atoms with van der Waals surface area (Å²) in [6, 6.07) is 0. The molecule has 4 aromatic rings. The molecule has 0 aliphatic carbocycles. The van der Waals surface area contributed by atoms with Gasteiger partial charge in [-0.05, 0) is 12.3 Å². The first-order chi connectivity index (χ1) is 11.9. The summed E-state index contributed by atoms with van der Waals surface area (Å²) in [7, 11) is -1.32. The van der Waals surface area contributed by atoms with Gasteiger partial charge in [0.15, 0.2) is 0 Å². The number of nitrogens with one attached hydrogen (secondary N) is 4. The summed E-state index contributed by atoms with van der Waals surface area (Å²) in [5.74, 6) is 0. The van der Waals surface area contributed by atoms with Crippen LogP contribution in [0.1, 0.15) is 0 Å². The average molecular weight is 358 g/mol. The van der Waals surface area contributed by atoms with Crippen LogP contribution in [-0.2, 0) is 0 Å². The number of aromatic nitrogens is 8. The van der Waals surface area contributed by atoms with Crippen LogP contribution in [-0.4, -0.2) is 52.2 Å². The Bertz CT molecular complexity index is 683. The largest absolute Gasteiger partial charge is 0.345 e. The van der Waals surface area contributed by atoms with Gasteiger partial charge in [-0.15, -0.1) is 0 Å². The number of imidazole rings is 4. The third-order valence-corrected chi connectivity index (χ3v) is 8.22. The molecule has 0 atom stereocenters. The number of nitrogens with zero attached hydrogens (tertiary/aromatic N) is 4. The van der Waals surface area contributed by atoms with E-state index in [4.69, 9.17) is 0 Å². The third-order valence-electron chi connectivity index (χ3n) is 3.51. The average Bonchev–Trinajstić information content (AvgIpc) is 3.42. The Kier molecular flexibility index (Phi) is 4.49.